The van der Waals surface area contributed by atoms with Gasteiger partial charge < -0.3 is 9.47 Å². The molecule has 0 aromatic heterocycles. The molecule has 3 nitrogen and oxygen atoms in total. The molecule has 1 saturated carbocycles. The minimum atomic E-state index is 0.369. The fourth-order valence-corrected chi connectivity index (χ4v) is 3.93. The number of hydrogen-bond donors (Lipinski definition) is 0. The lowest BCUT2D eigenvalue weighted by atomic mass is 9.97. The molecule has 1 aliphatic carbocycles. The van der Waals surface area contributed by atoms with Gasteiger partial charge in [0.25, 0.3) is 0 Å². The Morgan fingerprint density at radius 1 is 1.16 bits per heavy atom. The normalized spacial score (nSPS) is 36.9. The minimum Gasteiger partial charge on any atom is -0.381 e. The Morgan fingerprint density at radius 3 is 2.26 bits per heavy atom. The largest absolute Gasteiger partial charge is 0.381 e. The van der Waals surface area contributed by atoms with Crippen LogP contribution in [0.4, 0.5) is 0 Å². The highest BCUT2D eigenvalue weighted by Crippen LogP contribution is 2.49. The quantitative estimate of drug-likeness (QED) is 0.738. The number of ether oxygens (including phenoxy) is 2. The first-order valence-electron chi connectivity index (χ1n) is 8.02. The van der Waals surface area contributed by atoms with E-state index >= 15 is 0 Å². The summed E-state index contributed by atoms with van der Waals surface area (Å²) in [5.74, 6) is 0. The van der Waals surface area contributed by atoms with E-state index in [4.69, 9.17) is 9.47 Å². The van der Waals surface area contributed by atoms with Crippen LogP contribution in [0.2, 0.25) is 0 Å². The third-order valence-corrected chi connectivity index (χ3v) is 5.37. The fourth-order valence-electron chi connectivity index (χ4n) is 3.93. The molecule has 2 atom stereocenters. The van der Waals surface area contributed by atoms with E-state index in [-0.39, 0.29) is 0 Å². The third kappa shape index (κ3) is 2.98. The summed E-state index contributed by atoms with van der Waals surface area (Å²) in [7, 11) is 1.87. The average Bonchev–Trinajstić information content (AvgIpc) is 3.11. The molecule has 3 aliphatic rings. The van der Waals surface area contributed by atoms with Crippen molar-refractivity contribution in [3.05, 3.63) is 0 Å². The molecule has 0 amide bonds. The number of rotatable bonds is 6. The summed E-state index contributed by atoms with van der Waals surface area (Å²) in [6, 6.07) is 1.56. The highest BCUT2D eigenvalue weighted by Gasteiger charge is 2.49. The van der Waals surface area contributed by atoms with Gasteiger partial charge >= 0.3 is 0 Å². The second-order valence-electron chi connectivity index (χ2n) is 7.25. The van der Waals surface area contributed by atoms with Crippen LogP contribution in [0.25, 0.3) is 0 Å². The summed E-state index contributed by atoms with van der Waals surface area (Å²) in [6.07, 6.45) is 8.86. The molecule has 2 heterocycles. The van der Waals surface area contributed by atoms with E-state index < -0.39 is 0 Å². The summed E-state index contributed by atoms with van der Waals surface area (Å²) < 4.78 is 11.5. The van der Waals surface area contributed by atoms with Crippen LogP contribution in [0, 0.1) is 5.41 Å². The van der Waals surface area contributed by atoms with Crippen molar-refractivity contribution >= 4 is 0 Å². The maximum atomic E-state index is 5.89. The molecule has 0 aromatic rings. The molecule has 2 unspecified atom stereocenters. The van der Waals surface area contributed by atoms with Gasteiger partial charge in [0.15, 0.2) is 0 Å². The van der Waals surface area contributed by atoms with Crippen molar-refractivity contribution in [1.29, 1.82) is 0 Å². The van der Waals surface area contributed by atoms with Crippen molar-refractivity contribution in [2.24, 2.45) is 5.41 Å². The van der Waals surface area contributed by atoms with E-state index in [1.165, 1.54) is 45.1 Å². The first-order valence-corrected chi connectivity index (χ1v) is 8.02. The summed E-state index contributed by atoms with van der Waals surface area (Å²) in [5.41, 5.74) is 0.491. The lowest BCUT2D eigenvalue weighted by Gasteiger charge is -2.40. The molecule has 2 aliphatic heterocycles. The van der Waals surface area contributed by atoms with Crippen LogP contribution in [0.5, 0.6) is 0 Å². The summed E-state index contributed by atoms with van der Waals surface area (Å²) in [5, 5.41) is 0. The molecule has 0 N–H and O–H groups in total. The molecule has 2 saturated heterocycles. The fraction of sp³-hybridized carbons (Fsp3) is 1.00. The van der Waals surface area contributed by atoms with Gasteiger partial charge in [-0.15, -0.1) is 0 Å². The van der Waals surface area contributed by atoms with Crippen LogP contribution in [0.1, 0.15) is 52.4 Å². The molecular weight excluding hydrogens is 238 g/mol. The van der Waals surface area contributed by atoms with Crippen molar-refractivity contribution in [2.75, 3.05) is 20.3 Å². The second-order valence-corrected chi connectivity index (χ2v) is 7.25. The molecule has 0 spiro atoms. The van der Waals surface area contributed by atoms with Crippen LogP contribution in [-0.2, 0) is 9.47 Å². The lowest BCUT2D eigenvalue weighted by molar-refractivity contribution is -0.0184. The van der Waals surface area contributed by atoms with Gasteiger partial charge in [-0.25, -0.2) is 0 Å². The lowest BCUT2D eigenvalue weighted by Crippen LogP contribution is -2.48. The second kappa shape index (κ2) is 5.34. The molecule has 0 radical (unpaired) electrons. The van der Waals surface area contributed by atoms with Gasteiger partial charge in [-0.05, 0) is 52.4 Å². The van der Waals surface area contributed by atoms with Crippen molar-refractivity contribution in [3.8, 4) is 0 Å². The molecule has 3 heteroatoms. The number of hydrogen-bond acceptors (Lipinski definition) is 3. The predicted molar refractivity (Wildman–Crippen MR) is 76.3 cm³/mol. The maximum Gasteiger partial charge on any atom is 0.0601 e. The Balaban J connectivity index is 1.56. The maximum absolute atomic E-state index is 5.89. The summed E-state index contributed by atoms with van der Waals surface area (Å²) in [4.78, 5) is 2.80. The van der Waals surface area contributed by atoms with Crippen LogP contribution < -0.4 is 0 Å². The van der Waals surface area contributed by atoms with Crippen LogP contribution >= 0.6 is 0 Å². The Morgan fingerprint density at radius 2 is 1.79 bits per heavy atom. The van der Waals surface area contributed by atoms with Crippen LogP contribution in [-0.4, -0.2) is 49.5 Å². The Hall–Kier alpha value is -0.120. The number of methoxy groups -OCH3 is 1. The molecule has 3 fully saturated rings. The number of fused-ring (bicyclic) bond motifs is 2. The first-order chi connectivity index (χ1) is 9.12. The zero-order chi connectivity index (χ0) is 13.5. The first kappa shape index (κ1) is 13.8. The molecule has 19 heavy (non-hydrogen) atoms. The Bertz CT molecular complexity index is 300. The van der Waals surface area contributed by atoms with E-state index in [9.17, 15) is 0 Å². The van der Waals surface area contributed by atoms with E-state index in [2.05, 4.69) is 18.7 Å². The highest BCUT2D eigenvalue weighted by atomic mass is 16.5. The average molecular weight is 267 g/mol. The van der Waals surface area contributed by atoms with Gasteiger partial charge in [-0.2, -0.15) is 0 Å². The third-order valence-electron chi connectivity index (χ3n) is 5.37. The summed E-state index contributed by atoms with van der Waals surface area (Å²) >= 11 is 0. The van der Waals surface area contributed by atoms with Crippen molar-refractivity contribution < 1.29 is 9.47 Å². The standard InChI is InChI=1S/C16H29NO2/c1-12(2)19-11-16(6-7-16)10-17-13-4-5-14(17)9-15(8-13)18-3/h12-15H,4-11H2,1-3H3. The van der Waals surface area contributed by atoms with Crippen molar-refractivity contribution in [3.63, 3.8) is 0 Å². The molecule has 110 valence electrons. The van der Waals surface area contributed by atoms with E-state index in [0.29, 0.717) is 17.6 Å². The van der Waals surface area contributed by atoms with Crippen molar-refractivity contribution in [2.45, 2.75) is 76.7 Å². The van der Waals surface area contributed by atoms with Crippen molar-refractivity contribution in [1.82, 2.24) is 4.90 Å². The number of nitrogens with zero attached hydrogens (tertiary/aromatic N) is 1. The van der Waals surface area contributed by atoms with Gasteiger partial charge in [0, 0.05) is 31.2 Å². The molecule has 3 rings (SSSR count). The molecule has 2 bridgehead atoms. The Labute approximate surface area is 117 Å². The smallest absolute Gasteiger partial charge is 0.0601 e. The van der Waals surface area contributed by atoms with E-state index in [1.54, 1.807) is 0 Å². The Kier molecular flexibility index (Phi) is 3.89. The topological polar surface area (TPSA) is 21.7 Å². The SMILES string of the molecule is COC1CC2CCC(C1)N2CC1(COC(C)C)CC1. The van der Waals surface area contributed by atoms with E-state index in [1.807, 2.05) is 7.11 Å². The highest BCUT2D eigenvalue weighted by molar-refractivity contribution is 5.02. The zero-order valence-electron chi connectivity index (χ0n) is 12.7. The van der Waals surface area contributed by atoms with E-state index in [0.717, 1.165) is 18.7 Å². The van der Waals surface area contributed by atoms with Gasteiger partial charge in [0.1, 0.15) is 0 Å². The van der Waals surface area contributed by atoms with Gasteiger partial charge in [-0.3, -0.25) is 4.90 Å². The van der Waals surface area contributed by atoms with Gasteiger partial charge in [0.2, 0.25) is 0 Å². The van der Waals surface area contributed by atoms with Gasteiger partial charge in [0.05, 0.1) is 18.8 Å². The van der Waals surface area contributed by atoms with Gasteiger partial charge in [-0.1, -0.05) is 0 Å². The number of piperidine rings is 1. The predicted octanol–water partition coefficient (Wildman–Crippen LogP) is 2.83. The summed E-state index contributed by atoms with van der Waals surface area (Å²) in [6.45, 7) is 6.52. The molecule has 0 aromatic carbocycles. The van der Waals surface area contributed by atoms with Crippen LogP contribution in [0.3, 0.4) is 0 Å². The minimum absolute atomic E-state index is 0.369. The zero-order valence-corrected chi connectivity index (χ0v) is 12.7. The molecular formula is C16H29NO2. The van der Waals surface area contributed by atoms with Crippen LogP contribution in [0.15, 0.2) is 0 Å². The monoisotopic (exact) mass is 267 g/mol.